The van der Waals surface area contributed by atoms with Crippen molar-refractivity contribution in [3.8, 4) is 12.3 Å². The van der Waals surface area contributed by atoms with Crippen molar-refractivity contribution >= 4 is 8.73 Å². The molecule has 0 aromatic carbocycles. The van der Waals surface area contributed by atoms with Gasteiger partial charge in [0, 0.05) is 5.41 Å². The van der Waals surface area contributed by atoms with Gasteiger partial charge in [0.2, 0.25) is 0 Å². The standard InChI is InChI=1S/C9H18NP/c1-6-8(2,3)7-9(4,5)11-10/h1,11H,7,10H2,2-5H3. The van der Waals surface area contributed by atoms with E-state index < -0.39 is 0 Å². The molecule has 0 saturated heterocycles. The van der Waals surface area contributed by atoms with Crippen molar-refractivity contribution in [2.75, 3.05) is 0 Å². The molecule has 0 amide bonds. The van der Waals surface area contributed by atoms with Crippen LogP contribution >= 0.6 is 8.73 Å². The molecule has 1 unspecified atom stereocenters. The molecule has 11 heavy (non-hydrogen) atoms. The summed E-state index contributed by atoms with van der Waals surface area (Å²) in [5.74, 6) is 2.78. The molecular weight excluding hydrogens is 153 g/mol. The summed E-state index contributed by atoms with van der Waals surface area (Å²) in [5.41, 5.74) is 5.61. The maximum atomic E-state index is 5.63. The highest BCUT2D eigenvalue weighted by Crippen LogP contribution is 2.36. The molecule has 0 aliphatic heterocycles. The fourth-order valence-electron chi connectivity index (χ4n) is 1.21. The largest absolute Gasteiger partial charge is 0.312 e. The van der Waals surface area contributed by atoms with Crippen molar-refractivity contribution in [2.45, 2.75) is 39.3 Å². The van der Waals surface area contributed by atoms with Gasteiger partial charge in [-0.2, -0.15) is 0 Å². The van der Waals surface area contributed by atoms with Crippen LogP contribution in [-0.4, -0.2) is 5.16 Å². The molecule has 1 atom stereocenters. The Hall–Kier alpha value is -0.0500. The molecule has 0 spiro atoms. The molecule has 2 N–H and O–H groups in total. The van der Waals surface area contributed by atoms with E-state index in [1.54, 1.807) is 0 Å². The minimum absolute atomic E-state index is 0.0180. The first-order valence-corrected chi connectivity index (χ1v) is 4.86. The van der Waals surface area contributed by atoms with Crippen LogP contribution in [0.3, 0.4) is 0 Å². The first-order valence-electron chi connectivity index (χ1n) is 3.78. The van der Waals surface area contributed by atoms with E-state index in [1.165, 1.54) is 0 Å². The minimum atomic E-state index is -0.0180. The molecule has 0 fully saturated rings. The van der Waals surface area contributed by atoms with Crippen molar-refractivity contribution in [1.82, 2.24) is 0 Å². The highest BCUT2D eigenvalue weighted by molar-refractivity contribution is 7.37. The Labute approximate surface area is 72.0 Å². The van der Waals surface area contributed by atoms with Crippen molar-refractivity contribution in [3.63, 3.8) is 0 Å². The second-order valence-corrected chi connectivity index (χ2v) is 5.88. The van der Waals surface area contributed by atoms with E-state index in [-0.39, 0.29) is 10.6 Å². The third kappa shape index (κ3) is 4.40. The molecule has 0 aromatic rings. The maximum absolute atomic E-state index is 5.63. The number of hydrogen-bond donors (Lipinski definition) is 1. The van der Waals surface area contributed by atoms with Crippen LogP contribution in [0.1, 0.15) is 34.1 Å². The van der Waals surface area contributed by atoms with Gasteiger partial charge in [0.05, 0.1) is 0 Å². The Bertz CT molecular complexity index is 165. The van der Waals surface area contributed by atoms with Gasteiger partial charge in [-0.25, -0.2) is 0 Å². The maximum Gasteiger partial charge on any atom is 0.0264 e. The molecule has 0 radical (unpaired) electrons. The zero-order chi connectivity index (χ0) is 9.12. The van der Waals surface area contributed by atoms with Crippen LogP contribution in [0.2, 0.25) is 0 Å². The quantitative estimate of drug-likeness (QED) is 0.512. The van der Waals surface area contributed by atoms with Gasteiger partial charge in [-0.1, -0.05) is 22.6 Å². The average molecular weight is 171 g/mol. The molecule has 0 heterocycles. The molecule has 1 nitrogen and oxygen atoms in total. The van der Waals surface area contributed by atoms with Crippen molar-refractivity contribution in [3.05, 3.63) is 0 Å². The summed E-state index contributed by atoms with van der Waals surface area (Å²) < 4.78 is 0. The second kappa shape index (κ2) is 3.57. The van der Waals surface area contributed by atoms with E-state index in [9.17, 15) is 0 Å². The van der Waals surface area contributed by atoms with E-state index >= 15 is 0 Å². The van der Waals surface area contributed by atoms with E-state index in [1.807, 2.05) is 0 Å². The predicted molar refractivity (Wildman–Crippen MR) is 53.8 cm³/mol. The van der Waals surface area contributed by atoms with Gasteiger partial charge in [-0.15, -0.1) is 12.3 Å². The Balaban J connectivity index is 4.16. The Morgan fingerprint density at radius 2 is 1.82 bits per heavy atom. The minimum Gasteiger partial charge on any atom is -0.312 e. The van der Waals surface area contributed by atoms with Crippen LogP contribution in [-0.2, 0) is 0 Å². The number of rotatable bonds is 3. The van der Waals surface area contributed by atoms with Gasteiger partial charge in [-0.3, -0.25) is 0 Å². The van der Waals surface area contributed by atoms with Crippen LogP contribution in [0.15, 0.2) is 0 Å². The lowest BCUT2D eigenvalue weighted by Gasteiger charge is -2.29. The lowest BCUT2D eigenvalue weighted by Crippen LogP contribution is -2.24. The third-order valence-corrected chi connectivity index (χ3v) is 2.62. The Morgan fingerprint density at radius 3 is 2.09 bits per heavy atom. The zero-order valence-corrected chi connectivity index (χ0v) is 8.86. The molecule has 0 rings (SSSR count). The smallest absolute Gasteiger partial charge is 0.0264 e. The fraction of sp³-hybridized carbons (Fsp3) is 0.778. The summed E-state index contributed by atoms with van der Waals surface area (Å²) in [6.45, 7) is 8.47. The number of hydrogen-bond acceptors (Lipinski definition) is 1. The number of terminal acetylenes is 1. The lowest BCUT2D eigenvalue weighted by molar-refractivity contribution is 0.403. The first-order chi connectivity index (χ1) is 4.83. The first kappa shape index (κ1) is 11.0. The molecule has 0 saturated carbocycles. The predicted octanol–water partition coefficient (Wildman–Crippen LogP) is 2.37. The molecule has 2 heteroatoms. The second-order valence-electron chi connectivity index (χ2n) is 4.23. The van der Waals surface area contributed by atoms with Gasteiger partial charge in [0.15, 0.2) is 0 Å². The van der Waals surface area contributed by atoms with E-state index in [0.29, 0.717) is 8.73 Å². The molecule has 0 aliphatic rings. The monoisotopic (exact) mass is 171 g/mol. The molecule has 0 bridgehead atoms. The normalized spacial score (nSPS) is 13.8. The summed E-state index contributed by atoms with van der Waals surface area (Å²) in [7, 11) is 0.466. The summed E-state index contributed by atoms with van der Waals surface area (Å²) in [6.07, 6.45) is 6.37. The molecular formula is C9H18NP. The summed E-state index contributed by atoms with van der Waals surface area (Å²) in [6, 6.07) is 0. The van der Waals surface area contributed by atoms with E-state index in [4.69, 9.17) is 11.9 Å². The summed E-state index contributed by atoms with van der Waals surface area (Å²) >= 11 is 0. The molecule has 0 aromatic heterocycles. The topological polar surface area (TPSA) is 26.0 Å². The summed E-state index contributed by atoms with van der Waals surface area (Å²) in [4.78, 5) is 0. The van der Waals surface area contributed by atoms with Crippen LogP contribution in [0, 0.1) is 17.8 Å². The van der Waals surface area contributed by atoms with Gasteiger partial charge in [0.25, 0.3) is 0 Å². The lowest BCUT2D eigenvalue weighted by atomic mass is 9.84. The van der Waals surface area contributed by atoms with Crippen LogP contribution in [0.4, 0.5) is 0 Å². The SMILES string of the molecule is C#CC(C)(C)CC(C)(C)PN. The van der Waals surface area contributed by atoms with Gasteiger partial charge >= 0.3 is 0 Å². The van der Waals surface area contributed by atoms with E-state index in [0.717, 1.165) is 6.42 Å². The fourth-order valence-corrected chi connectivity index (χ4v) is 1.75. The van der Waals surface area contributed by atoms with E-state index in [2.05, 4.69) is 33.6 Å². The van der Waals surface area contributed by atoms with Crippen LogP contribution < -0.4 is 5.50 Å². The highest BCUT2D eigenvalue weighted by atomic mass is 31.1. The van der Waals surface area contributed by atoms with Crippen molar-refractivity contribution in [2.24, 2.45) is 10.9 Å². The third-order valence-electron chi connectivity index (χ3n) is 1.67. The zero-order valence-electron chi connectivity index (χ0n) is 7.86. The van der Waals surface area contributed by atoms with Gasteiger partial charge in [0.1, 0.15) is 0 Å². The van der Waals surface area contributed by atoms with Gasteiger partial charge < -0.3 is 5.50 Å². The van der Waals surface area contributed by atoms with Crippen molar-refractivity contribution in [1.29, 1.82) is 0 Å². The molecule has 64 valence electrons. The average Bonchev–Trinajstić information content (AvgIpc) is 1.86. The van der Waals surface area contributed by atoms with Crippen LogP contribution in [0.25, 0.3) is 0 Å². The highest BCUT2D eigenvalue weighted by Gasteiger charge is 2.25. The van der Waals surface area contributed by atoms with Gasteiger partial charge in [-0.05, 0) is 25.4 Å². The summed E-state index contributed by atoms with van der Waals surface area (Å²) in [5, 5.41) is 0.190. The van der Waals surface area contributed by atoms with Crippen molar-refractivity contribution < 1.29 is 0 Å². The molecule has 0 aliphatic carbocycles. The van der Waals surface area contributed by atoms with Crippen LogP contribution in [0.5, 0.6) is 0 Å². The number of nitrogens with two attached hydrogens (primary N) is 1. The Kier molecular flexibility index (Phi) is 3.55. The Morgan fingerprint density at radius 1 is 1.36 bits per heavy atom.